The molecule has 0 aromatic rings. The van der Waals surface area contributed by atoms with Crippen LogP contribution in [0.25, 0.3) is 0 Å². The van der Waals surface area contributed by atoms with Crippen LogP contribution >= 0.6 is 0 Å². The predicted octanol–water partition coefficient (Wildman–Crippen LogP) is 5.90. The molecule has 6 N–H and O–H groups in total. The summed E-state index contributed by atoms with van der Waals surface area (Å²) in [5.41, 5.74) is -1.41. The van der Waals surface area contributed by atoms with Gasteiger partial charge in [-0.15, -0.1) is 0 Å². The van der Waals surface area contributed by atoms with Crippen LogP contribution in [0.5, 0.6) is 0 Å². The Morgan fingerprint density at radius 1 is 0.287 bits per heavy atom. The molecule has 0 radical (unpaired) electrons. The van der Waals surface area contributed by atoms with Gasteiger partial charge in [-0.25, -0.2) is 0 Å². The lowest BCUT2D eigenvalue weighted by atomic mass is 9.83. The van der Waals surface area contributed by atoms with E-state index in [1.54, 1.807) is 0 Å². The largest absolute Gasteiger partial charge is 0.381 e. The fraction of sp³-hybridized carbons (Fsp3) is 0.600. The van der Waals surface area contributed by atoms with Crippen LogP contribution in [0.15, 0.2) is 101 Å². The number of hydrogen-bond donors (Lipinski definition) is 6. The average Bonchev–Trinajstić information content (AvgIpc) is 3.47. The molecule has 0 aliphatic heterocycles. The summed E-state index contributed by atoms with van der Waals surface area (Å²) in [7, 11) is 0. The molecular weight excluding hydrogens is 1030 g/mol. The molecule has 0 heterocycles. The number of carbonyl (C=O) groups excluding carboxylic acids is 8. The molecule has 0 spiro atoms. The quantitative estimate of drug-likeness (QED) is 0.0306. The third-order valence-electron chi connectivity index (χ3n) is 11.8. The van der Waals surface area contributed by atoms with E-state index in [4.69, 9.17) is 28.4 Å². The lowest BCUT2D eigenvalue weighted by Gasteiger charge is -2.35. The molecule has 0 aromatic carbocycles. The van der Waals surface area contributed by atoms with Crippen molar-refractivity contribution in [3.8, 4) is 0 Å². The summed E-state index contributed by atoms with van der Waals surface area (Å²) < 4.78 is 35.0. The molecule has 20 heteroatoms. The van der Waals surface area contributed by atoms with Crippen LogP contribution in [-0.4, -0.2) is 164 Å². The molecule has 0 aliphatic rings. The number of allylic oxidation sites excluding steroid dienone is 2. The normalized spacial score (nSPS) is 10.8. The van der Waals surface area contributed by atoms with Gasteiger partial charge in [-0.05, 0) is 151 Å². The van der Waals surface area contributed by atoms with Gasteiger partial charge in [0, 0.05) is 104 Å². The molecule has 20 nitrogen and oxygen atoms in total. The topological polar surface area (TPSA) is 264 Å². The molecule has 80 heavy (non-hydrogen) atoms. The zero-order valence-electron chi connectivity index (χ0n) is 48.0. The molecule has 0 saturated heterocycles. The van der Waals surface area contributed by atoms with Crippen molar-refractivity contribution in [1.82, 2.24) is 31.9 Å². The zero-order valence-corrected chi connectivity index (χ0v) is 48.0. The van der Waals surface area contributed by atoms with Crippen molar-refractivity contribution < 1.29 is 66.8 Å². The second kappa shape index (κ2) is 53.5. The summed E-state index contributed by atoms with van der Waals surface area (Å²) in [6.45, 7) is 34.8. The molecule has 0 atom stereocenters. The lowest BCUT2D eigenvalue weighted by Crippen LogP contribution is -2.58. The minimum Gasteiger partial charge on any atom is -0.381 e. The SMILES string of the molecule is C=CC(=O)CCCCOCC(COCCCCNC(=O)C=C)(COCCCCNC(=O)C=C)NC(=O)C=C.C=CC(=O)CCCCOCCCC(CCCOCCCNC(=O)C=C)(CCCOCCCNC(=O)C=C)NC(=O)C=C. The highest BCUT2D eigenvalue weighted by Crippen LogP contribution is 2.26. The van der Waals surface area contributed by atoms with Crippen molar-refractivity contribution >= 4 is 47.0 Å². The highest BCUT2D eigenvalue weighted by molar-refractivity contribution is 5.90. The van der Waals surface area contributed by atoms with E-state index in [9.17, 15) is 38.4 Å². The Balaban J connectivity index is 0. The van der Waals surface area contributed by atoms with Gasteiger partial charge in [-0.1, -0.05) is 52.6 Å². The van der Waals surface area contributed by atoms with Gasteiger partial charge in [-0.3, -0.25) is 38.4 Å². The first-order valence-corrected chi connectivity index (χ1v) is 27.9. The van der Waals surface area contributed by atoms with E-state index in [-0.39, 0.29) is 66.8 Å². The summed E-state index contributed by atoms with van der Waals surface area (Å²) >= 11 is 0. The smallest absolute Gasteiger partial charge is 0.244 e. The van der Waals surface area contributed by atoms with Gasteiger partial charge < -0.3 is 60.3 Å². The van der Waals surface area contributed by atoms with Crippen LogP contribution in [0.3, 0.4) is 0 Å². The van der Waals surface area contributed by atoms with E-state index in [0.717, 1.165) is 64.2 Å². The summed E-state index contributed by atoms with van der Waals surface area (Å²) in [4.78, 5) is 92.3. The minimum absolute atomic E-state index is 0.00694. The maximum absolute atomic E-state index is 12.4. The molecule has 0 saturated carbocycles. The van der Waals surface area contributed by atoms with Crippen LogP contribution in [0, 0.1) is 0 Å². The fourth-order valence-corrected chi connectivity index (χ4v) is 7.42. The van der Waals surface area contributed by atoms with Crippen molar-refractivity contribution in [2.24, 2.45) is 0 Å². The summed E-state index contributed by atoms with van der Waals surface area (Å²) in [5.74, 6) is -1.40. The highest BCUT2D eigenvalue weighted by Gasteiger charge is 2.33. The van der Waals surface area contributed by atoms with Gasteiger partial charge in [0.1, 0.15) is 5.54 Å². The Kier molecular flexibility index (Phi) is 50.7. The number of ketones is 2. The third-order valence-corrected chi connectivity index (χ3v) is 11.8. The summed E-state index contributed by atoms with van der Waals surface area (Å²) in [6.07, 6.45) is 22.6. The van der Waals surface area contributed by atoms with Crippen molar-refractivity contribution in [3.05, 3.63) is 101 Å². The molecular formula is C60H98N6O14. The van der Waals surface area contributed by atoms with Gasteiger partial charge in [0.15, 0.2) is 11.6 Å². The second-order valence-corrected chi connectivity index (χ2v) is 18.6. The van der Waals surface area contributed by atoms with Crippen LogP contribution in [0.4, 0.5) is 0 Å². The Hall–Kier alpha value is -6.16. The summed E-state index contributed by atoms with van der Waals surface area (Å²) in [5, 5.41) is 17.0. The van der Waals surface area contributed by atoms with Crippen LogP contribution in [0.2, 0.25) is 0 Å². The van der Waals surface area contributed by atoms with Gasteiger partial charge in [0.2, 0.25) is 35.4 Å². The molecule has 0 fully saturated rings. The van der Waals surface area contributed by atoms with Crippen LogP contribution < -0.4 is 31.9 Å². The van der Waals surface area contributed by atoms with Gasteiger partial charge >= 0.3 is 0 Å². The van der Waals surface area contributed by atoms with Crippen molar-refractivity contribution in [3.63, 3.8) is 0 Å². The van der Waals surface area contributed by atoms with Crippen molar-refractivity contribution in [1.29, 1.82) is 0 Å². The van der Waals surface area contributed by atoms with Crippen LogP contribution in [0.1, 0.15) is 116 Å². The minimum atomic E-state index is -0.948. The van der Waals surface area contributed by atoms with E-state index >= 15 is 0 Å². The maximum Gasteiger partial charge on any atom is 0.244 e. The molecule has 0 aliphatic carbocycles. The van der Waals surface area contributed by atoms with E-state index < -0.39 is 11.1 Å². The number of amides is 6. The van der Waals surface area contributed by atoms with Crippen molar-refractivity contribution in [2.45, 2.75) is 127 Å². The van der Waals surface area contributed by atoms with E-state index in [2.05, 4.69) is 84.5 Å². The number of ether oxygens (including phenoxy) is 6. The first-order chi connectivity index (χ1) is 38.6. The lowest BCUT2D eigenvalue weighted by molar-refractivity contribution is -0.123. The molecule has 0 rings (SSSR count). The predicted molar refractivity (Wildman–Crippen MR) is 313 cm³/mol. The van der Waals surface area contributed by atoms with E-state index in [1.807, 2.05) is 0 Å². The molecule has 0 unspecified atom stereocenters. The van der Waals surface area contributed by atoms with E-state index in [0.29, 0.717) is 137 Å². The molecule has 6 amide bonds. The number of rotatable bonds is 56. The monoisotopic (exact) mass is 1130 g/mol. The molecule has 0 aromatic heterocycles. The van der Waals surface area contributed by atoms with Gasteiger partial charge in [0.25, 0.3) is 0 Å². The Bertz CT molecular complexity index is 1730. The maximum atomic E-state index is 12.4. The third kappa shape index (κ3) is 46.7. The zero-order chi connectivity index (χ0) is 59.8. The van der Waals surface area contributed by atoms with E-state index in [1.165, 1.54) is 48.6 Å². The Labute approximate surface area is 477 Å². The first kappa shape index (κ1) is 75.9. The van der Waals surface area contributed by atoms with Crippen molar-refractivity contribution in [2.75, 3.05) is 105 Å². The molecule has 0 bridgehead atoms. The average molecular weight is 1130 g/mol. The summed E-state index contributed by atoms with van der Waals surface area (Å²) in [6, 6.07) is 0. The number of carbonyl (C=O) groups is 8. The number of nitrogens with one attached hydrogen (secondary N) is 6. The number of unbranched alkanes of at least 4 members (excludes halogenated alkanes) is 4. The highest BCUT2D eigenvalue weighted by atomic mass is 16.5. The number of hydrogen-bond acceptors (Lipinski definition) is 14. The Morgan fingerprint density at radius 2 is 0.550 bits per heavy atom. The Morgan fingerprint density at radius 3 is 0.863 bits per heavy atom. The van der Waals surface area contributed by atoms with Gasteiger partial charge in [-0.2, -0.15) is 0 Å². The second-order valence-electron chi connectivity index (χ2n) is 18.6. The standard InChI is InChI=1S/C32H53N3O7.C28H45N3O7/c1-5-28(36)16-9-10-22-40-23-11-17-32(35-31(39)8-4,18-12-24-41-26-14-20-33-29(37)6-2)19-13-25-42-27-15-21-34-30(38)7-3;1-5-24(32)15-9-12-18-36-21-28(31-27(35)8-4,22-37-19-13-10-16-29-25(33)6-2)23-38-20-14-11-17-30-26(34)7-3/h5-8H,1-4,9-27H2,(H,33,37)(H,34,38)(H,35,39);5-8H,1-4,9-23H2,(H,29,33)(H,30,34)(H,31,35). The van der Waals surface area contributed by atoms with Gasteiger partial charge in [0.05, 0.1) is 19.8 Å². The first-order valence-electron chi connectivity index (χ1n) is 27.9. The molecule has 452 valence electrons. The van der Waals surface area contributed by atoms with Crippen LogP contribution in [-0.2, 0) is 66.8 Å². The fourth-order valence-electron chi connectivity index (χ4n) is 7.42.